The monoisotopic (exact) mass is 325 g/mol. The van der Waals surface area contributed by atoms with Crippen molar-refractivity contribution >= 4 is 0 Å². The van der Waals surface area contributed by atoms with Crippen LogP contribution in [0.25, 0.3) is 0 Å². The van der Waals surface area contributed by atoms with E-state index in [1.807, 2.05) is 18.2 Å². The number of fused-ring (bicyclic) bond motifs is 1. The van der Waals surface area contributed by atoms with Crippen molar-refractivity contribution in [2.24, 2.45) is 0 Å². The van der Waals surface area contributed by atoms with Gasteiger partial charge in [0.2, 0.25) is 0 Å². The first-order chi connectivity index (χ1) is 11.8. The Morgan fingerprint density at radius 3 is 2.50 bits per heavy atom. The molecule has 1 aliphatic heterocycles. The van der Waals surface area contributed by atoms with Gasteiger partial charge in [-0.3, -0.25) is 4.90 Å². The van der Waals surface area contributed by atoms with Crippen LogP contribution in [0.5, 0.6) is 0 Å². The van der Waals surface area contributed by atoms with E-state index in [1.165, 1.54) is 16.7 Å². The lowest BCUT2D eigenvalue weighted by molar-refractivity contribution is -0.0249. The summed E-state index contributed by atoms with van der Waals surface area (Å²) in [5, 5.41) is 10.4. The molecule has 3 nitrogen and oxygen atoms in total. The minimum absolute atomic E-state index is 0.0583. The SMILES string of the molecule is CC[C@H](OC[C@H](O)CN1CCc2ccccc2C1)c1ccccc1. The van der Waals surface area contributed by atoms with Crippen LogP contribution < -0.4 is 0 Å². The highest BCUT2D eigenvalue weighted by Crippen LogP contribution is 2.22. The van der Waals surface area contributed by atoms with Crippen molar-refractivity contribution in [2.75, 3.05) is 19.7 Å². The first-order valence-corrected chi connectivity index (χ1v) is 8.90. The van der Waals surface area contributed by atoms with Gasteiger partial charge in [0.15, 0.2) is 0 Å². The number of hydrogen-bond acceptors (Lipinski definition) is 3. The number of rotatable bonds is 7. The highest BCUT2D eigenvalue weighted by molar-refractivity contribution is 5.29. The molecule has 0 radical (unpaired) electrons. The number of benzene rings is 2. The molecule has 0 unspecified atom stereocenters. The van der Waals surface area contributed by atoms with E-state index in [1.54, 1.807) is 0 Å². The molecule has 0 aromatic heterocycles. The number of aliphatic hydroxyl groups is 1. The Balaban J connectivity index is 1.48. The van der Waals surface area contributed by atoms with E-state index in [2.05, 4.69) is 48.2 Å². The molecular weight excluding hydrogens is 298 g/mol. The molecular formula is C21H27NO2. The van der Waals surface area contributed by atoms with Crippen molar-refractivity contribution in [3.8, 4) is 0 Å². The van der Waals surface area contributed by atoms with Crippen molar-refractivity contribution in [1.29, 1.82) is 0 Å². The van der Waals surface area contributed by atoms with Crippen molar-refractivity contribution in [2.45, 2.75) is 38.5 Å². The zero-order chi connectivity index (χ0) is 16.8. The third-order valence-electron chi connectivity index (χ3n) is 4.71. The summed E-state index contributed by atoms with van der Waals surface area (Å²) < 4.78 is 5.97. The first kappa shape index (κ1) is 17.2. The fourth-order valence-corrected chi connectivity index (χ4v) is 3.41. The molecule has 0 spiro atoms. The van der Waals surface area contributed by atoms with Gasteiger partial charge in [-0.25, -0.2) is 0 Å². The van der Waals surface area contributed by atoms with E-state index < -0.39 is 6.10 Å². The number of aliphatic hydroxyl groups excluding tert-OH is 1. The van der Waals surface area contributed by atoms with Crippen LogP contribution in [0.15, 0.2) is 54.6 Å². The second-order valence-electron chi connectivity index (χ2n) is 6.55. The van der Waals surface area contributed by atoms with Gasteiger partial charge in [-0.05, 0) is 29.5 Å². The van der Waals surface area contributed by atoms with Gasteiger partial charge in [-0.15, -0.1) is 0 Å². The number of ether oxygens (including phenoxy) is 1. The van der Waals surface area contributed by atoms with Crippen molar-refractivity contribution in [3.05, 3.63) is 71.3 Å². The smallest absolute Gasteiger partial charge is 0.0900 e. The molecule has 1 N–H and O–H groups in total. The summed E-state index contributed by atoms with van der Waals surface area (Å²) in [6, 6.07) is 18.8. The lowest BCUT2D eigenvalue weighted by atomic mass is 10.00. The molecule has 0 saturated carbocycles. The molecule has 2 aromatic carbocycles. The number of β-amino-alcohol motifs (C(OH)–C–C–N with tert-alkyl or cyclic N) is 1. The molecule has 2 aromatic rings. The first-order valence-electron chi connectivity index (χ1n) is 8.90. The standard InChI is InChI=1S/C21H27NO2/c1-2-21(18-9-4-3-5-10-18)24-16-20(23)15-22-13-12-17-8-6-7-11-19(17)14-22/h3-11,20-21,23H,2,12-16H2,1H3/t20-,21+/m1/s1. The largest absolute Gasteiger partial charge is 0.389 e. The normalized spacial score (nSPS) is 17.2. The van der Waals surface area contributed by atoms with Crippen LogP contribution >= 0.6 is 0 Å². The van der Waals surface area contributed by atoms with Crippen LogP contribution in [-0.4, -0.2) is 35.8 Å². The summed E-state index contributed by atoms with van der Waals surface area (Å²) in [5.74, 6) is 0. The van der Waals surface area contributed by atoms with Gasteiger partial charge in [-0.1, -0.05) is 61.5 Å². The zero-order valence-corrected chi connectivity index (χ0v) is 14.4. The summed E-state index contributed by atoms with van der Waals surface area (Å²) in [5.41, 5.74) is 4.00. The Morgan fingerprint density at radius 1 is 1.04 bits per heavy atom. The second-order valence-corrected chi connectivity index (χ2v) is 6.55. The Labute approximate surface area is 144 Å². The molecule has 2 atom stereocenters. The molecule has 24 heavy (non-hydrogen) atoms. The van der Waals surface area contributed by atoms with E-state index in [0.29, 0.717) is 13.2 Å². The highest BCUT2D eigenvalue weighted by atomic mass is 16.5. The zero-order valence-electron chi connectivity index (χ0n) is 14.4. The molecule has 0 aliphatic carbocycles. The molecule has 0 saturated heterocycles. The summed E-state index contributed by atoms with van der Waals surface area (Å²) >= 11 is 0. The van der Waals surface area contributed by atoms with E-state index in [9.17, 15) is 5.11 Å². The predicted octanol–water partition coefficient (Wildman–Crippen LogP) is 3.57. The molecule has 1 heterocycles. The number of nitrogens with zero attached hydrogens (tertiary/aromatic N) is 1. The van der Waals surface area contributed by atoms with E-state index >= 15 is 0 Å². The Hall–Kier alpha value is -1.68. The van der Waals surface area contributed by atoms with Crippen LogP contribution in [0, 0.1) is 0 Å². The lowest BCUT2D eigenvalue weighted by Crippen LogP contribution is -2.38. The molecule has 128 valence electrons. The maximum absolute atomic E-state index is 10.4. The van der Waals surface area contributed by atoms with E-state index in [-0.39, 0.29) is 6.10 Å². The minimum atomic E-state index is -0.451. The summed E-state index contributed by atoms with van der Waals surface area (Å²) in [6.07, 6.45) is 1.58. The third kappa shape index (κ3) is 4.44. The van der Waals surface area contributed by atoms with Gasteiger partial charge in [0, 0.05) is 19.6 Å². The Kier molecular flexibility index (Phi) is 6.02. The average Bonchev–Trinajstić information content (AvgIpc) is 2.63. The second kappa shape index (κ2) is 8.43. The van der Waals surface area contributed by atoms with Gasteiger partial charge >= 0.3 is 0 Å². The van der Waals surface area contributed by atoms with Gasteiger partial charge in [-0.2, -0.15) is 0 Å². The van der Waals surface area contributed by atoms with Crippen LogP contribution in [0.3, 0.4) is 0 Å². The molecule has 0 amide bonds. The van der Waals surface area contributed by atoms with Crippen LogP contribution in [0.2, 0.25) is 0 Å². The van der Waals surface area contributed by atoms with Gasteiger partial charge in [0.25, 0.3) is 0 Å². The maximum Gasteiger partial charge on any atom is 0.0900 e. The summed E-state index contributed by atoms with van der Waals surface area (Å²) in [4.78, 5) is 2.32. The van der Waals surface area contributed by atoms with E-state index in [4.69, 9.17) is 4.74 Å². The number of hydrogen-bond donors (Lipinski definition) is 1. The fourth-order valence-electron chi connectivity index (χ4n) is 3.41. The van der Waals surface area contributed by atoms with Crippen molar-refractivity contribution in [1.82, 2.24) is 4.90 Å². The quantitative estimate of drug-likeness (QED) is 0.845. The predicted molar refractivity (Wildman–Crippen MR) is 96.9 cm³/mol. The highest BCUT2D eigenvalue weighted by Gasteiger charge is 2.19. The summed E-state index contributed by atoms with van der Waals surface area (Å²) in [6.45, 7) is 5.09. The molecule has 3 rings (SSSR count). The Bertz CT molecular complexity index is 629. The fraction of sp³-hybridized carbons (Fsp3) is 0.429. The van der Waals surface area contributed by atoms with Crippen molar-refractivity contribution < 1.29 is 9.84 Å². The average molecular weight is 325 g/mol. The van der Waals surface area contributed by atoms with Crippen molar-refractivity contribution in [3.63, 3.8) is 0 Å². The molecule has 1 aliphatic rings. The van der Waals surface area contributed by atoms with Crippen LogP contribution in [0.4, 0.5) is 0 Å². The molecule has 3 heteroatoms. The summed E-state index contributed by atoms with van der Waals surface area (Å²) in [7, 11) is 0. The minimum Gasteiger partial charge on any atom is -0.389 e. The van der Waals surface area contributed by atoms with Gasteiger partial charge < -0.3 is 9.84 Å². The third-order valence-corrected chi connectivity index (χ3v) is 4.71. The Morgan fingerprint density at radius 2 is 1.75 bits per heavy atom. The topological polar surface area (TPSA) is 32.7 Å². The maximum atomic E-state index is 10.4. The lowest BCUT2D eigenvalue weighted by Gasteiger charge is -2.30. The van der Waals surface area contributed by atoms with E-state index in [0.717, 1.165) is 25.9 Å². The molecule has 0 fully saturated rings. The van der Waals surface area contributed by atoms with Crippen LogP contribution in [-0.2, 0) is 17.7 Å². The van der Waals surface area contributed by atoms with Gasteiger partial charge in [0.05, 0.1) is 18.8 Å². The molecule has 0 bridgehead atoms. The van der Waals surface area contributed by atoms with Gasteiger partial charge in [0.1, 0.15) is 0 Å². The van der Waals surface area contributed by atoms with Crippen LogP contribution in [0.1, 0.15) is 36.1 Å².